The van der Waals surface area contributed by atoms with E-state index < -0.39 is 0 Å². The smallest absolute Gasteiger partial charge is 0.224 e. The quantitative estimate of drug-likeness (QED) is 0.860. The van der Waals surface area contributed by atoms with Gasteiger partial charge >= 0.3 is 0 Å². The van der Waals surface area contributed by atoms with Crippen LogP contribution in [0.25, 0.3) is 0 Å². The minimum absolute atomic E-state index is 0.171. The van der Waals surface area contributed by atoms with Crippen molar-refractivity contribution in [2.24, 2.45) is 11.7 Å². The van der Waals surface area contributed by atoms with Crippen LogP contribution in [0.5, 0.6) is 0 Å². The third-order valence-electron chi connectivity index (χ3n) is 5.77. The average Bonchev–Trinajstić information content (AvgIpc) is 2.98. The Hall–Kier alpha value is -1.55. The largest absolute Gasteiger partial charge is 0.370 e. The molecule has 2 fully saturated rings. The minimum atomic E-state index is 0.171. The molecule has 0 spiro atoms. The molecule has 1 atom stereocenters. The number of hydrogen-bond donors (Lipinski definition) is 2. The van der Waals surface area contributed by atoms with Gasteiger partial charge in [-0.25, -0.2) is 0 Å². The molecule has 0 bridgehead atoms. The Labute approximate surface area is 152 Å². The predicted octanol–water partition coefficient (Wildman–Crippen LogP) is 4.22. The van der Waals surface area contributed by atoms with Gasteiger partial charge in [0.2, 0.25) is 5.91 Å². The second kappa shape index (κ2) is 8.70. The summed E-state index contributed by atoms with van der Waals surface area (Å²) in [6.45, 7) is 4.02. The van der Waals surface area contributed by atoms with Crippen molar-refractivity contribution in [3.8, 4) is 0 Å². The maximum Gasteiger partial charge on any atom is 0.224 e. The molecule has 1 saturated heterocycles. The van der Waals surface area contributed by atoms with E-state index in [1.54, 1.807) is 0 Å². The van der Waals surface area contributed by atoms with Gasteiger partial charge in [-0.2, -0.15) is 0 Å². The fourth-order valence-corrected chi connectivity index (χ4v) is 4.21. The van der Waals surface area contributed by atoms with Crippen LogP contribution in [0.3, 0.4) is 0 Å². The summed E-state index contributed by atoms with van der Waals surface area (Å²) in [6, 6.07) is 6.60. The van der Waals surface area contributed by atoms with Crippen LogP contribution in [0.2, 0.25) is 0 Å². The lowest BCUT2D eigenvalue weighted by molar-refractivity contribution is -0.117. The fourth-order valence-electron chi connectivity index (χ4n) is 4.21. The summed E-state index contributed by atoms with van der Waals surface area (Å²) in [5, 5.41) is 3.14. The Morgan fingerprint density at radius 3 is 2.52 bits per heavy atom. The van der Waals surface area contributed by atoms with Gasteiger partial charge in [-0.1, -0.05) is 32.1 Å². The monoisotopic (exact) mass is 343 g/mol. The Kier molecular flexibility index (Phi) is 6.35. The lowest BCUT2D eigenvalue weighted by Crippen LogP contribution is -2.26. The van der Waals surface area contributed by atoms with Crippen LogP contribution < -0.4 is 16.0 Å². The van der Waals surface area contributed by atoms with Crippen molar-refractivity contribution >= 4 is 17.3 Å². The van der Waals surface area contributed by atoms with Crippen LogP contribution in [0.15, 0.2) is 18.2 Å². The van der Waals surface area contributed by atoms with E-state index in [2.05, 4.69) is 29.3 Å². The van der Waals surface area contributed by atoms with Crippen LogP contribution in [0.4, 0.5) is 11.4 Å². The molecule has 4 heteroatoms. The van der Waals surface area contributed by atoms with Crippen molar-refractivity contribution < 1.29 is 4.79 Å². The zero-order valence-electron chi connectivity index (χ0n) is 15.6. The molecule has 1 aliphatic heterocycles. The van der Waals surface area contributed by atoms with E-state index in [9.17, 15) is 4.79 Å². The Bertz CT molecular complexity index is 579. The molecule has 1 heterocycles. The normalized spacial score (nSPS) is 22.5. The van der Waals surface area contributed by atoms with Gasteiger partial charge in [-0.05, 0) is 55.9 Å². The summed E-state index contributed by atoms with van der Waals surface area (Å²) in [4.78, 5) is 14.8. The van der Waals surface area contributed by atoms with Crippen LogP contribution >= 0.6 is 0 Å². The molecule has 138 valence electrons. The second-order valence-corrected chi connectivity index (χ2v) is 7.96. The lowest BCUT2D eigenvalue weighted by Gasteiger charge is -2.21. The summed E-state index contributed by atoms with van der Waals surface area (Å²) in [5.41, 5.74) is 9.29. The van der Waals surface area contributed by atoms with Crippen molar-refractivity contribution in [2.45, 2.75) is 70.8 Å². The molecule has 1 aromatic carbocycles. The zero-order chi connectivity index (χ0) is 17.6. The van der Waals surface area contributed by atoms with E-state index in [1.807, 2.05) is 6.07 Å². The highest BCUT2D eigenvalue weighted by molar-refractivity contribution is 5.91. The molecule has 1 unspecified atom stereocenters. The van der Waals surface area contributed by atoms with E-state index in [1.165, 1.54) is 50.6 Å². The van der Waals surface area contributed by atoms with Crippen molar-refractivity contribution in [2.75, 3.05) is 23.3 Å². The van der Waals surface area contributed by atoms with E-state index in [0.717, 1.165) is 30.8 Å². The molecule has 0 radical (unpaired) electrons. The summed E-state index contributed by atoms with van der Waals surface area (Å²) < 4.78 is 0. The highest BCUT2D eigenvalue weighted by atomic mass is 16.1. The second-order valence-electron chi connectivity index (χ2n) is 7.96. The van der Waals surface area contributed by atoms with Gasteiger partial charge in [-0.3, -0.25) is 4.79 Å². The van der Waals surface area contributed by atoms with Crippen molar-refractivity contribution in [1.82, 2.24) is 0 Å². The highest BCUT2D eigenvalue weighted by Crippen LogP contribution is 2.27. The SMILES string of the molecule is Cc1cc(N2CCC(N)C2)ccc1NC(=O)CC1CCCCCCC1. The third-order valence-corrected chi connectivity index (χ3v) is 5.77. The van der Waals surface area contributed by atoms with E-state index in [-0.39, 0.29) is 11.9 Å². The van der Waals surface area contributed by atoms with Crippen molar-refractivity contribution in [1.29, 1.82) is 0 Å². The van der Waals surface area contributed by atoms with Crippen LogP contribution in [0.1, 0.15) is 63.4 Å². The number of carbonyl (C=O) groups excluding carboxylic acids is 1. The molecule has 0 aromatic heterocycles. The van der Waals surface area contributed by atoms with Crippen LogP contribution in [-0.2, 0) is 4.79 Å². The number of amides is 1. The number of aryl methyl sites for hydroxylation is 1. The number of nitrogens with one attached hydrogen (secondary N) is 1. The maximum atomic E-state index is 12.5. The van der Waals surface area contributed by atoms with Crippen LogP contribution in [-0.4, -0.2) is 25.0 Å². The third kappa shape index (κ3) is 5.21. The molecular formula is C21H33N3O. The van der Waals surface area contributed by atoms with E-state index in [4.69, 9.17) is 5.73 Å². The molecule has 4 nitrogen and oxygen atoms in total. The Morgan fingerprint density at radius 2 is 1.88 bits per heavy atom. The van der Waals surface area contributed by atoms with Gasteiger partial charge in [0, 0.05) is 36.9 Å². The Morgan fingerprint density at radius 1 is 1.16 bits per heavy atom. The van der Waals surface area contributed by atoms with Gasteiger partial charge in [0.15, 0.2) is 0 Å². The van der Waals surface area contributed by atoms with E-state index in [0.29, 0.717) is 12.3 Å². The zero-order valence-corrected chi connectivity index (χ0v) is 15.6. The molecule has 25 heavy (non-hydrogen) atoms. The maximum absolute atomic E-state index is 12.5. The van der Waals surface area contributed by atoms with Gasteiger partial charge < -0.3 is 16.0 Å². The number of anilines is 2. The van der Waals surface area contributed by atoms with Gasteiger partial charge in [0.25, 0.3) is 0 Å². The first-order chi connectivity index (χ1) is 12.1. The van der Waals surface area contributed by atoms with Crippen molar-refractivity contribution in [3.63, 3.8) is 0 Å². The van der Waals surface area contributed by atoms with Gasteiger partial charge in [-0.15, -0.1) is 0 Å². The first-order valence-corrected chi connectivity index (χ1v) is 10.0. The molecule has 3 rings (SSSR count). The number of benzene rings is 1. The summed E-state index contributed by atoms with van der Waals surface area (Å²) in [5.74, 6) is 0.732. The number of rotatable bonds is 4. The molecule has 1 aliphatic carbocycles. The summed E-state index contributed by atoms with van der Waals surface area (Å²) in [6.07, 6.45) is 10.7. The minimum Gasteiger partial charge on any atom is -0.370 e. The molecule has 1 saturated carbocycles. The fraction of sp³-hybridized carbons (Fsp3) is 0.667. The van der Waals surface area contributed by atoms with Crippen molar-refractivity contribution in [3.05, 3.63) is 23.8 Å². The first kappa shape index (κ1) is 18.2. The first-order valence-electron chi connectivity index (χ1n) is 10.0. The molecule has 2 aliphatic rings. The van der Waals surface area contributed by atoms with Gasteiger partial charge in [0.1, 0.15) is 0 Å². The number of hydrogen-bond acceptors (Lipinski definition) is 3. The average molecular weight is 344 g/mol. The standard InChI is InChI=1S/C21H33N3O/c1-16-13-19(24-12-11-18(22)15-24)9-10-20(16)23-21(25)14-17-7-5-3-2-4-6-8-17/h9-10,13,17-18H,2-8,11-12,14-15,22H2,1H3,(H,23,25). The molecule has 3 N–H and O–H groups in total. The number of nitrogens with two attached hydrogens (primary N) is 1. The van der Waals surface area contributed by atoms with E-state index >= 15 is 0 Å². The topological polar surface area (TPSA) is 58.4 Å². The number of carbonyl (C=O) groups is 1. The molecular weight excluding hydrogens is 310 g/mol. The predicted molar refractivity (Wildman–Crippen MR) is 105 cm³/mol. The number of nitrogens with zero attached hydrogens (tertiary/aromatic N) is 1. The van der Waals surface area contributed by atoms with Gasteiger partial charge in [0.05, 0.1) is 0 Å². The van der Waals surface area contributed by atoms with Crippen LogP contribution in [0, 0.1) is 12.8 Å². The summed E-state index contributed by atoms with van der Waals surface area (Å²) >= 11 is 0. The Balaban J connectivity index is 1.55. The summed E-state index contributed by atoms with van der Waals surface area (Å²) in [7, 11) is 0. The highest BCUT2D eigenvalue weighted by Gasteiger charge is 2.20. The molecule has 1 amide bonds. The lowest BCUT2D eigenvalue weighted by atomic mass is 9.88. The molecule has 1 aromatic rings.